The number of nitrogens with zero attached hydrogens (tertiary/aromatic N) is 2. The first kappa shape index (κ1) is 10.8. The molecule has 78 valence electrons. The van der Waals surface area contributed by atoms with Crippen molar-refractivity contribution in [1.82, 2.24) is 15.6 Å². The Balaban J connectivity index is 2.73. The van der Waals surface area contributed by atoms with Gasteiger partial charge in [0.15, 0.2) is 0 Å². The molecule has 1 unspecified atom stereocenters. The average Bonchev–Trinajstić information content (AvgIpc) is 2.26. The standard InChI is InChI=1S/C8H14N4O2/c1-13-5-7(10-9)6-3-4-8(14-2)12-11-6/h3-4,7,10H,5,9H2,1-2H3. The molecule has 0 aromatic carbocycles. The van der Waals surface area contributed by atoms with Crippen LogP contribution in [-0.2, 0) is 4.74 Å². The molecule has 0 saturated heterocycles. The Kier molecular flexibility index (Phi) is 4.24. The number of rotatable bonds is 5. The van der Waals surface area contributed by atoms with E-state index in [1.54, 1.807) is 19.2 Å². The highest BCUT2D eigenvalue weighted by Gasteiger charge is 2.11. The van der Waals surface area contributed by atoms with E-state index >= 15 is 0 Å². The molecule has 1 aromatic heterocycles. The number of nitrogens with one attached hydrogen (secondary N) is 1. The quantitative estimate of drug-likeness (QED) is 0.496. The first-order valence-electron chi connectivity index (χ1n) is 4.14. The Morgan fingerprint density at radius 3 is 2.64 bits per heavy atom. The predicted molar refractivity (Wildman–Crippen MR) is 50.5 cm³/mol. The number of hydrogen-bond acceptors (Lipinski definition) is 6. The van der Waals surface area contributed by atoms with Crippen LogP contribution in [-0.4, -0.2) is 31.0 Å². The van der Waals surface area contributed by atoms with Crippen LogP contribution >= 0.6 is 0 Å². The van der Waals surface area contributed by atoms with Gasteiger partial charge in [0.25, 0.3) is 0 Å². The molecule has 0 amide bonds. The maximum atomic E-state index is 5.33. The molecule has 6 nitrogen and oxygen atoms in total. The fraction of sp³-hybridized carbons (Fsp3) is 0.500. The summed E-state index contributed by atoms with van der Waals surface area (Å²) in [5, 5.41) is 7.77. The van der Waals surface area contributed by atoms with Crippen molar-refractivity contribution < 1.29 is 9.47 Å². The van der Waals surface area contributed by atoms with E-state index in [2.05, 4.69) is 15.6 Å². The highest BCUT2D eigenvalue weighted by molar-refractivity contribution is 5.13. The van der Waals surface area contributed by atoms with E-state index < -0.39 is 0 Å². The molecule has 0 aliphatic heterocycles. The summed E-state index contributed by atoms with van der Waals surface area (Å²) in [4.78, 5) is 0. The summed E-state index contributed by atoms with van der Waals surface area (Å²) in [5.41, 5.74) is 3.31. The van der Waals surface area contributed by atoms with Gasteiger partial charge in [-0.15, -0.1) is 5.10 Å². The van der Waals surface area contributed by atoms with Crippen molar-refractivity contribution >= 4 is 0 Å². The molecule has 0 fully saturated rings. The van der Waals surface area contributed by atoms with Gasteiger partial charge in [-0.25, -0.2) is 5.43 Å². The van der Waals surface area contributed by atoms with E-state index in [4.69, 9.17) is 15.3 Å². The van der Waals surface area contributed by atoms with E-state index in [1.807, 2.05) is 0 Å². The molecule has 1 heterocycles. The third-order valence-corrected chi connectivity index (χ3v) is 1.76. The Bertz CT molecular complexity index is 265. The fourth-order valence-corrected chi connectivity index (χ4v) is 1.01. The summed E-state index contributed by atoms with van der Waals surface area (Å²) in [5.74, 6) is 5.81. The number of nitrogens with two attached hydrogens (primary N) is 1. The third-order valence-electron chi connectivity index (χ3n) is 1.76. The molecule has 1 atom stereocenters. The minimum absolute atomic E-state index is 0.154. The Labute approximate surface area is 82.4 Å². The zero-order chi connectivity index (χ0) is 10.4. The lowest BCUT2D eigenvalue weighted by Crippen LogP contribution is -2.31. The second-order valence-corrected chi connectivity index (χ2v) is 2.68. The summed E-state index contributed by atoms with van der Waals surface area (Å²) in [7, 11) is 3.14. The highest BCUT2D eigenvalue weighted by Crippen LogP contribution is 2.11. The SMILES string of the molecule is COCC(NN)c1ccc(OC)nn1. The van der Waals surface area contributed by atoms with Crippen LogP contribution in [0.4, 0.5) is 0 Å². The molecule has 3 N–H and O–H groups in total. The molecule has 1 aromatic rings. The van der Waals surface area contributed by atoms with Gasteiger partial charge in [-0.2, -0.15) is 5.10 Å². The van der Waals surface area contributed by atoms with E-state index in [-0.39, 0.29) is 6.04 Å². The molecule has 1 rings (SSSR count). The Morgan fingerprint density at radius 1 is 1.43 bits per heavy atom. The van der Waals surface area contributed by atoms with Crippen LogP contribution in [0.25, 0.3) is 0 Å². The topological polar surface area (TPSA) is 82.3 Å². The van der Waals surface area contributed by atoms with Gasteiger partial charge in [0.2, 0.25) is 5.88 Å². The maximum Gasteiger partial charge on any atom is 0.233 e. The lowest BCUT2D eigenvalue weighted by molar-refractivity contribution is 0.165. The predicted octanol–water partition coefficient (Wildman–Crippen LogP) is -0.364. The molecule has 14 heavy (non-hydrogen) atoms. The number of methoxy groups -OCH3 is 2. The van der Waals surface area contributed by atoms with Crippen LogP contribution in [0, 0.1) is 0 Å². The lowest BCUT2D eigenvalue weighted by atomic mass is 10.2. The van der Waals surface area contributed by atoms with Crippen molar-refractivity contribution in [2.24, 2.45) is 5.84 Å². The molecular formula is C8H14N4O2. The number of hydrogen-bond donors (Lipinski definition) is 2. The monoisotopic (exact) mass is 198 g/mol. The first-order valence-corrected chi connectivity index (χ1v) is 4.14. The van der Waals surface area contributed by atoms with E-state index in [9.17, 15) is 0 Å². The van der Waals surface area contributed by atoms with Gasteiger partial charge in [-0.1, -0.05) is 0 Å². The molecule has 0 bridgehead atoms. The van der Waals surface area contributed by atoms with Crippen molar-refractivity contribution in [3.63, 3.8) is 0 Å². The van der Waals surface area contributed by atoms with Crippen LogP contribution in [0.5, 0.6) is 5.88 Å². The molecule has 0 aliphatic carbocycles. The van der Waals surface area contributed by atoms with Gasteiger partial charge in [0.05, 0.1) is 25.5 Å². The zero-order valence-corrected chi connectivity index (χ0v) is 8.23. The molecular weight excluding hydrogens is 184 g/mol. The fourth-order valence-electron chi connectivity index (χ4n) is 1.01. The van der Waals surface area contributed by atoms with Crippen LogP contribution in [0.15, 0.2) is 12.1 Å². The molecule has 6 heteroatoms. The van der Waals surface area contributed by atoms with Crippen molar-refractivity contribution in [1.29, 1.82) is 0 Å². The Morgan fingerprint density at radius 2 is 2.21 bits per heavy atom. The van der Waals surface area contributed by atoms with Crippen LogP contribution < -0.4 is 16.0 Å². The van der Waals surface area contributed by atoms with E-state index in [0.717, 1.165) is 5.69 Å². The Hall–Kier alpha value is -1.24. The summed E-state index contributed by atoms with van der Waals surface area (Å²) in [6.45, 7) is 0.442. The minimum Gasteiger partial charge on any atom is -0.480 e. The summed E-state index contributed by atoms with van der Waals surface area (Å²) in [6, 6.07) is 3.36. The van der Waals surface area contributed by atoms with Gasteiger partial charge >= 0.3 is 0 Å². The summed E-state index contributed by atoms with van der Waals surface area (Å²) < 4.78 is 9.85. The minimum atomic E-state index is -0.154. The van der Waals surface area contributed by atoms with Crippen LogP contribution in [0.3, 0.4) is 0 Å². The molecule has 0 aliphatic rings. The highest BCUT2D eigenvalue weighted by atomic mass is 16.5. The van der Waals surface area contributed by atoms with E-state index in [1.165, 1.54) is 7.11 Å². The number of ether oxygens (including phenoxy) is 2. The van der Waals surface area contributed by atoms with Crippen LogP contribution in [0.2, 0.25) is 0 Å². The smallest absolute Gasteiger partial charge is 0.233 e. The summed E-state index contributed by atoms with van der Waals surface area (Å²) >= 11 is 0. The first-order chi connectivity index (χ1) is 6.81. The third kappa shape index (κ3) is 2.63. The maximum absolute atomic E-state index is 5.33. The second-order valence-electron chi connectivity index (χ2n) is 2.68. The van der Waals surface area contributed by atoms with Crippen molar-refractivity contribution in [3.8, 4) is 5.88 Å². The zero-order valence-electron chi connectivity index (χ0n) is 8.23. The molecule has 0 spiro atoms. The van der Waals surface area contributed by atoms with Crippen LogP contribution in [0.1, 0.15) is 11.7 Å². The van der Waals surface area contributed by atoms with Crippen molar-refractivity contribution in [2.45, 2.75) is 6.04 Å². The van der Waals surface area contributed by atoms with Gasteiger partial charge < -0.3 is 9.47 Å². The normalized spacial score (nSPS) is 12.5. The average molecular weight is 198 g/mol. The lowest BCUT2D eigenvalue weighted by Gasteiger charge is -2.13. The largest absolute Gasteiger partial charge is 0.480 e. The number of hydrazine groups is 1. The van der Waals surface area contributed by atoms with Crippen molar-refractivity contribution in [3.05, 3.63) is 17.8 Å². The van der Waals surface area contributed by atoms with Gasteiger partial charge in [0.1, 0.15) is 0 Å². The van der Waals surface area contributed by atoms with Gasteiger partial charge in [0, 0.05) is 13.2 Å². The van der Waals surface area contributed by atoms with E-state index in [0.29, 0.717) is 12.5 Å². The molecule has 0 saturated carbocycles. The summed E-state index contributed by atoms with van der Waals surface area (Å²) in [6.07, 6.45) is 0. The second kappa shape index (κ2) is 5.48. The van der Waals surface area contributed by atoms with Gasteiger partial charge in [-0.3, -0.25) is 5.84 Å². The van der Waals surface area contributed by atoms with Gasteiger partial charge in [-0.05, 0) is 6.07 Å². The molecule has 0 radical (unpaired) electrons. The number of aromatic nitrogens is 2. The van der Waals surface area contributed by atoms with Crippen molar-refractivity contribution in [2.75, 3.05) is 20.8 Å².